The van der Waals surface area contributed by atoms with Crippen LogP contribution in [0.5, 0.6) is 0 Å². The Hall–Kier alpha value is -8.24. The quantitative estimate of drug-likeness (QED) is 0.0338. The van der Waals surface area contributed by atoms with Crippen molar-refractivity contribution in [2.45, 2.75) is 88.7 Å². The monoisotopic (exact) mass is 927 g/mol. The molecule has 66 heavy (non-hydrogen) atoms. The molecule has 0 radical (unpaired) electrons. The van der Waals surface area contributed by atoms with Crippen molar-refractivity contribution >= 4 is 65.0 Å². The Labute approximate surface area is 374 Å². The number of amides is 10. The molecule has 358 valence electrons. The van der Waals surface area contributed by atoms with Gasteiger partial charge in [-0.05, 0) is 20.8 Å². The third kappa shape index (κ3) is 18.2. The summed E-state index contributed by atoms with van der Waals surface area (Å²) < 4.78 is 0. The van der Waals surface area contributed by atoms with Gasteiger partial charge in [-0.2, -0.15) is 0 Å². The number of carboxylic acids is 1. The summed E-state index contributed by atoms with van der Waals surface area (Å²) in [6, 6.07) is -8.95. The summed E-state index contributed by atoms with van der Waals surface area (Å²) in [5.74, 6) is -9.84. The third-order valence-electron chi connectivity index (χ3n) is 9.16. The molecule has 10 amide bonds. The van der Waals surface area contributed by atoms with Crippen molar-refractivity contribution in [1.29, 1.82) is 0 Å². The number of aromatic amines is 3. The second kappa shape index (κ2) is 25.8. The first-order chi connectivity index (χ1) is 31.2. The lowest BCUT2D eigenvalue weighted by atomic mass is 10.1. The zero-order valence-corrected chi connectivity index (χ0v) is 35.9. The van der Waals surface area contributed by atoms with Crippen LogP contribution in [0, 0.1) is 0 Å². The lowest BCUT2D eigenvalue weighted by molar-refractivity contribution is -0.143. The first kappa shape index (κ1) is 52.1. The van der Waals surface area contributed by atoms with E-state index in [0.29, 0.717) is 17.1 Å². The number of carbonyl (C=O) groups excluding carboxylic acids is 10. The van der Waals surface area contributed by atoms with Crippen LogP contribution in [0.25, 0.3) is 0 Å². The van der Waals surface area contributed by atoms with Crippen LogP contribution in [-0.4, -0.2) is 162 Å². The van der Waals surface area contributed by atoms with E-state index in [0.717, 1.165) is 0 Å². The number of nitrogens with one attached hydrogen (secondary N) is 12. The number of carbonyl (C=O) groups is 11. The fourth-order valence-electron chi connectivity index (χ4n) is 5.60. The van der Waals surface area contributed by atoms with Crippen molar-refractivity contribution in [3.8, 4) is 0 Å². The van der Waals surface area contributed by atoms with Gasteiger partial charge >= 0.3 is 5.97 Å². The van der Waals surface area contributed by atoms with Crippen molar-refractivity contribution in [1.82, 2.24) is 77.8 Å². The molecule has 0 aromatic carbocycles. The number of hydrogen-bond acceptors (Lipinski definition) is 15. The number of aliphatic carboxylic acids is 1. The van der Waals surface area contributed by atoms with Crippen LogP contribution >= 0.6 is 0 Å². The summed E-state index contributed by atoms with van der Waals surface area (Å²) in [4.78, 5) is 158. The molecule has 3 aromatic rings. The summed E-state index contributed by atoms with van der Waals surface area (Å²) in [5, 5.41) is 30.2. The largest absolute Gasteiger partial charge is 0.480 e. The molecular formula is C37H53N17O12. The number of aromatic nitrogens is 6. The predicted molar refractivity (Wildman–Crippen MR) is 224 cm³/mol. The van der Waals surface area contributed by atoms with E-state index >= 15 is 0 Å². The van der Waals surface area contributed by atoms with Crippen molar-refractivity contribution < 1.29 is 57.8 Å². The van der Waals surface area contributed by atoms with Gasteiger partial charge in [0.15, 0.2) is 0 Å². The summed E-state index contributed by atoms with van der Waals surface area (Å²) in [5.41, 5.74) is 12.6. The van der Waals surface area contributed by atoms with Gasteiger partial charge in [-0.1, -0.05) is 0 Å². The highest BCUT2D eigenvalue weighted by molar-refractivity contribution is 5.97. The number of hydrogen-bond donors (Lipinski definition) is 15. The lowest BCUT2D eigenvalue weighted by Crippen LogP contribution is -2.57. The molecule has 0 saturated heterocycles. The normalized spacial score (nSPS) is 13.9. The molecule has 17 N–H and O–H groups in total. The molecule has 0 aliphatic rings. The minimum atomic E-state index is -1.63. The first-order valence-electron chi connectivity index (χ1n) is 20.0. The van der Waals surface area contributed by atoms with Crippen LogP contribution in [0.15, 0.2) is 37.6 Å². The highest BCUT2D eigenvalue weighted by atomic mass is 16.4. The fraction of sp³-hybridized carbons (Fsp3) is 0.459. The first-order valence-corrected chi connectivity index (χ1v) is 20.0. The van der Waals surface area contributed by atoms with Crippen LogP contribution < -0.4 is 59.3 Å². The number of H-pyrrole nitrogens is 3. The van der Waals surface area contributed by atoms with Gasteiger partial charge in [0.1, 0.15) is 36.3 Å². The second-order valence-electron chi connectivity index (χ2n) is 14.7. The smallest absolute Gasteiger partial charge is 0.326 e. The van der Waals surface area contributed by atoms with E-state index in [2.05, 4.69) is 77.8 Å². The number of primary amides is 1. The summed E-state index contributed by atoms with van der Waals surface area (Å²) in [6.45, 7) is 1.86. The van der Waals surface area contributed by atoms with Crippen LogP contribution in [0.2, 0.25) is 0 Å². The number of imidazole rings is 3. The Balaban J connectivity index is 1.45. The van der Waals surface area contributed by atoms with Crippen LogP contribution in [-0.2, 0) is 72.0 Å². The maximum Gasteiger partial charge on any atom is 0.326 e. The van der Waals surface area contributed by atoms with Gasteiger partial charge in [0.05, 0.1) is 51.1 Å². The van der Waals surface area contributed by atoms with Gasteiger partial charge in [0.2, 0.25) is 59.1 Å². The Morgan fingerprint density at radius 2 is 0.924 bits per heavy atom. The summed E-state index contributed by atoms with van der Waals surface area (Å²) in [6.07, 6.45) is 7.77. The maximum absolute atomic E-state index is 13.7. The molecule has 0 aliphatic carbocycles. The van der Waals surface area contributed by atoms with Gasteiger partial charge in [0.25, 0.3) is 0 Å². The molecule has 29 heteroatoms. The molecule has 3 heterocycles. The molecule has 7 atom stereocenters. The molecule has 3 rings (SSSR count). The molecule has 0 unspecified atom stereocenters. The molecule has 3 aromatic heterocycles. The number of carboxylic acid groups (broad SMARTS) is 1. The lowest BCUT2D eigenvalue weighted by Gasteiger charge is -2.24. The topological polar surface area (TPSA) is 454 Å². The second-order valence-corrected chi connectivity index (χ2v) is 14.7. The minimum Gasteiger partial charge on any atom is -0.480 e. The molecule has 0 saturated carbocycles. The van der Waals surface area contributed by atoms with Gasteiger partial charge in [-0.3, -0.25) is 47.9 Å². The van der Waals surface area contributed by atoms with Crippen LogP contribution in [0.1, 0.15) is 44.3 Å². The van der Waals surface area contributed by atoms with Gasteiger partial charge in [0, 0.05) is 54.9 Å². The standard InChI is InChI=1S/C37H53N17O12/c1-17(31(59)44-11-28(56)43-12-29(57)50-18(2)32(60)51-19(3)33(61)54-26(37(65)66)7-27(39)55)49-30(58)13-45-35(63)24(5-21-9-41-15-47-21)53-36(64)25(6-22-10-42-16-48-22)52-34(62)23(38)4-20-8-40-14-46-20/h8-10,14-19,23-26H,4-7,11-13,38H2,1-3H3,(H2,39,55)(H,40,46)(H,41,47)(H,42,48)(H,43,56)(H,44,59)(H,45,63)(H,49,58)(H,50,57)(H,51,60)(H,52,62)(H,53,64)(H,54,61)(H,65,66)/t17-,18-,19-,23-,24-,25-,26-/m0/s1. The zero-order valence-electron chi connectivity index (χ0n) is 35.9. The maximum atomic E-state index is 13.7. The number of nitrogens with zero attached hydrogens (tertiary/aromatic N) is 3. The van der Waals surface area contributed by atoms with Crippen molar-refractivity contribution in [2.24, 2.45) is 11.5 Å². The van der Waals surface area contributed by atoms with E-state index in [9.17, 15) is 52.7 Å². The molecule has 0 aliphatic heterocycles. The Morgan fingerprint density at radius 1 is 0.515 bits per heavy atom. The van der Waals surface area contributed by atoms with Crippen molar-refractivity contribution in [3.05, 3.63) is 54.7 Å². The third-order valence-corrected chi connectivity index (χ3v) is 9.16. The van der Waals surface area contributed by atoms with Gasteiger partial charge < -0.3 is 79.4 Å². The minimum absolute atomic E-state index is 0.0561. The molecule has 29 nitrogen and oxygen atoms in total. The van der Waals surface area contributed by atoms with E-state index < -0.39 is 133 Å². The number of rotatable bonds is 27. The average Bonchev–Trinajstić information content (AvgIpc) is 4.09. The molecule has 0 spiro atoms. The van der Waals surface area contributed by atoms with E-state index in [-0.39, 0.29) is 19.3 Å². The van der Waals surface area contributed by atoms with Crippen molar-refractivity contribution in [2.75, 3.05) is 19.6 Å². The Bertz CT molecular complexity index is 2160. The predicted octanol–water partition coefficient (Wildman–Crippen LogP) is -7.51. The Kier molecular flexibility index (Phi) is 20.3. The zero-order chi connectivity index (χ0) is 48.9. The van der Waals surface area contributed by atoms with Crippen LogP contribution in [0.3, 0.4) is 0 Å². The molecule has 0 fully saturated rings. The van der Waals surface area contributed by atoms with Crippen molar-refractivity contribution in [3.63, 3.8) is 0 Å². The van der Waals surface area contributed by atoms with E-state index in [1.807, 2.05) is 0 Å². The van der Waals surface area contributed by atoms with Gasteiger partial charge in [-0.15, -0.1) is 0 Å². The van der Waals surface area contributed by atoms with Gasteiger partial charge in [-0.25, -0.2) is 19.7 Å². The van der Waals surface area contributed by atoms with E-state index in [1.165, 1.54) is 58.3 Å². The highest BCUT2D eigenvalue weighted by Crippen LogP contribution is 2.05. The van der Waals surface area contributed by atoms with E-state index in [1.54, 1.807) is 0 Å². The van der Waals surface area contributed by atoms with Crippen LogP contribution in [0.4, 0.5) is 0 Å². The summed E-state index contributed by atoms with van der Waals surface area (Å²) in [7, 11) is 0. The number of nitrogens with two attached hydrogens (primary N) is 2. The van der Waals surface area contributed by atoms with E-state index in [4.69, 9.17) is 16.6 Å². The highest BCUT2D eigenvalue weighted by Gasteiger charge is 2.31. The average molecular weight is 928 g/mol. The summed E-state index contributed by atoms with van der Waals surface area (Å²) >= 11 is 0. The molecular weight excluding hydrogens is 875 g/mol. The fourth-order valence-corrected chi connectivity index (χ4v) is 5.60. The molecule has 0 bridgehead atoms. The Morgan fingerprint density at radius 3 is 1.42 bits per heavy atom. The SMILES string of the molecule is C[C@H](NC(=O)CNC(=O)[C@H](Cc1cnc[nH]1)NC(=O)[C@H](Cc1cnc[nH]1)NC(=O)[C@@H](N)Cc1cnc[nH]1)C(=O)NCC(=O)NCC(=O)N[C@@H](C)C(=O)N[C@@H](C)C(=O)N[C@@H](CC(N)=O)C(=O)O.